The van der Waals surface area contributed by atoms with Gasteiger partial charge >= 0.3 is 5.97 Å². The van der Waals surface area contributed by atoms with Gasteiger partial charge in [-0.2, -0.15) is 0 Å². The second-order valence-corrected chi connectivity index (χ2v) is 1.45. The lowest BCUT2D eigenvalue weighted by atomic mass is 10.7. The fraction of sp³-hybridized carbons (Fsp3) is 0.667. The van der Waals surface area contributed by atoms with Crippen LogP contribution >= 0.6 is 0 Å². The molecule has 0 aliphatic rings. The van der Waals surface area contributed by atoms with Crippen LogP contribution in [0.25, 0.3) is 0 Å². The second-order valence-electron chi connectivity index (χ2n) is 1.45. The molecule has 0 aromatic heterocycles. The van der Waals surface area contributed by atoms with E-state index in [1.807, 2.05) is 0 Å². The number of hydrogen-bond acceptors (Lipinski definition) is 3. The van der Waals surface area contributed by atoms with Gasteiger partial charge in [0.15, 0.2) is 0 Å². The Morgan fingerprint density at radius 1 is 1.56 bits per heavy atom. The molecule has 9 heavy (non-hydrogen) atoms. The SMILES string of the molecule is C[CH]OCCOC(C)=O. The number of carbonyl (C=O) groups excluding carboxylic acids is 1. The number of carbonyl (C=O) groups is 1. The molecule has 0 aromatic carbocycles. The molecule has 0 aromatic rings. The topological polar surface area (TPSA) is 35.5 Å². The van der Waals surface area contributed by atoms with Crippen molar-refractivity contribution in [2.24, 2.45) is 0 Å². The first-order valence-corrected chi connectivity index (χ1v) is 2.80. The maximum absolute atomic E-state index is 10.1. The highest BCUT2D eigenvalue weighted by Crippen LogP contribution is 1.80. The average Bonchev–Trinajstić information content (AvgIpc) is 1.80. The van der Waals surface area contributed by atoms with Gasteiger partial charge < -0.3 is 9.47 Å². The number of rotatable bonds is 4. The van der Waals surface area contributed by atoms with Gasteiger partial charge in [0.05, 0.1) is 13.2 Å². The molecule has 3 nitrogen and oxygen atoms in total. The summed E-state index contributed by atoms with van der Waals surface area (Å²) in [5.74, 6) is -0.269. The summed E-state index contributed by atoms with van der Waals surface area (Å²) in [5, 5.41) is 0. The van der Waals surface area contributed by atoms with Crippen LogP contribution in [-0.4, -0.2) is 19.2 Å². The summed E-state index contributed by atoms with van der Waals surface area (Å²) >= 11 is 0. The van der Waals surface area contributed by atoms with E-state index in [9.17, 15) is 4.79 Å². The summed E-state index contributed by atoms with van der Waals surface area (Å²) in [5.41, 5.74) is 0. The van der Waals surface area contributed by atoms with Crippen LogP contribution in [0, 0.1) is 6.61 Å². The summed E-state index contributed by atoms with van der Waals surface area (Å²) in [4.78, 5) is 10.1. The van der Waals surface area contributed by atoms with Crippen molar-refractivity contribution in [2.45, 2.75) is 13.8 Å². The van der Waals surface area contributed by atoms with E-state index in [2.05, 4.69) is 4.74 Å². The van der Waals surface area contributed by atoms with Gasteiger partial charge in [-0.15, -0.1) is 0 Å². The molecule has 0 heterocycles. The van der Waals surface area contributed by atoms with E-state index in [0.717, 1.165) is 0 Å². The zero-order chi connectivity index (χ0) is 7.11. The van der Waals surface area contributed by atoms with Crippen molar-refractivity contribution in [3.05, 3.63) is 6.61 Å². The fourth-order valence-electron chi connectivity index (χ4n) is 0.351. The Balaban J connectivity index is 2.83. The van der Waals surface area contributed by atoms with Crippen molar-refractivity contribution >= 4 is 5.97 Å². The van der Waals surface area contributed by atoms with E-state index in [0.29, 0.717) is 13.2 Å². The third-order valence-corrected chi connectivity index (χ3v) is 0.673. The Hall–Kier alpha value is -0.570. The predicted molar refractivity (Wildman–Crippen MR) is 32.6 cm³/mol. The molecular formula is C6H11O3. The van der Waals surface area contributed by atoms with Crippen molar-refractivity contribution in [3.8, 4) is 0 Å². The van der Waals surface area contributed by atoms with Crippen molar-refractivity contribution in [2.75, 3.05) is 13.2 Å². The Bertz CT molecular complexity index is 80.4. The first kappa shape index (κ1) is 8.43. The van der Waals surface area contributed by atoms with E-state index >= 15 is 0 Å². The van der Waals surface area contributed by atoms with Crippen LogP contribution in [-0.2, 0) is 14.3 Å². The molecule has 0 unspecified atom stereocenters. The highest BCUT2D eigenvalue weighted by molar-refractivity contribution is 5.65. The third-order valence-electron chi connectivity index (χ3n) is 0.673. The van der Waals surface area contributed by atoms with E-state index in [1.165, 1.54) is 6.92 Å². The molecule has 0 saturated carbocycles. The normalized spacial score (nSPS) is 9.11. The summed E-state index contributed by atoms with van der Waals surface area (Å²) in [6.07, 6.45) is 0. The maximum atomic E-state index is 10.1. The zero-order valence-corrected chi connectivity index (χ0v) is 5.72. The summed E-state index contributed by atoms with van der Waals surface area (Å²) in [7, 11) is 0. The van der Waals surface area contributed by atoms with Gasteiger partial charge in [-0.1, -0.05) is 0 Å². The van der Waals surface area contributed by atoms with Crippen LogP contribution in [0.5, 0.6) is 0 Å². The Morgan fingerprint density at radius 2 is 2.22 bits per heavy atom. The second kappa shape index (κ2) is 5.56. The zero-order valence-electron chi connectivity index (χ0n) is 5.72. The van der Waals surface area contributed by atoms with Crippen molar-refractivity contribution in [1.29, 1.82) is 0 Å². The van der Waals surface area contributed by atoms with Gasteiger partial charge in [0.1, 0.15) is 6.61 Å². The van der Waals surface area contributed by atoms with Crippen LogP contribution < -0.4 is 0 Å². The Labute approximate surface area is 55.0 Å². The van der Waals surface area contributed by atoms with Crippen LogP contribution in [0.4, 0.5) is 0 Å². The molecule has 0 spiro atoms. The molecule has 0 rings (SSSR count). The average molecular weight is 131 g/mol. The minimum atomic E-state index is -0.269. The van der Waals surface area contributed by atoms with Crippen molar-refractivity contribution in [1.82, 2.24) is 0 Å². The first-order valence-electron chi connectivity index (χ1n) is 2.80. The lowest BCUT2D eigenvalue weighted by molar-refractivity contribution is -0.142. The third kappa shape index (κ3) is 7.43. The maximum Gasteiger partial charge on any atom is 0.302 e. The molecular weight excluding hydrogens is 120 g/mol. The quantitative estimate of drug-likeness (QED) is 0.417. The largest absolute Gasteiger partial charge is 0.463 e. The molecule has 53 valence electrons. The van der Waals surface area contributed by atoms with E-state index < -0.39 is 0 Å². The monoisotopic (exact) mass is 131 g/mol. The molecule has 1 radical (unpaired) electrons. The molecule has 0 saturated heterocycles. The van der Waals surface area contributed by atoms with Gasteiger partial charge in [-0.3, -0.25) is 4.79 Å². The Morgan fingerprint density at radius 3 is 2.67 bits per heavy atom. The van der Waals surface area contributed by atoms with Gasteiger partial charge in [0, 0.05) is 6.92 Å². The summed E-state index contributed by atoms with van der Waals surface area (Å²) in [6, 6.07) is 0. The van der Waals surface area contributed by atoms with Gasteiger partial charge in [-0.25, -0.2) is 0 Å². The minimum absolute atomic E-state index is 0.269. The van der Waals surface area contributed by atoms with Gasteiger partial charge in [0.25, 0.3) is 0 Å². The van der Waals surface area contributed by atoms with Crippen LogP contribution in [0.3, 0.4) is 0 Å². The van der Waals surface area contributed by atoms with E-state index in [-0.39, 0.29) is 5.97 Å². The standard InChI is InChI=1S/C6H11O3/c1-3-8-4-5-9-6(2)7/h3H,4-5H2,1-2H3. The lowest BCUT2D eigenvalue weighted by Crippen LogP contribution is -2.05. The summed E-state index contributed by atoms with van der Waals surface area (Å²) in [6.45, 7) is 5.47. The highest BCUT2D eigenvalue weighted by Gasteiger charge is 1.89. The van der Waals surface area contributed by atoms with E-state index in [1.54, 1.807) is 13.5 Å². The first-order chi connectivity index (χ1) is 4.27. The number of ether oxygens (including phenoxy) is 2. The smallest absolute Gasteiger partial charge is 0.302 e. The predicted octanol–water partition coefficient (Wildman–Crippen LogP) is 0.748. The lowest BCUT2D eigenvalue weighted by Gasteiger charge is -1.99. The molecule has 0 fully saturated rings. The summed E-state index contributed by atoms with van der Waals surface area (Å²) < 4.78 is 9.34. The Kier molecular flexibility index (Phi) is 5.21. The molecule has 0 atom stereocenters. The van der Waals surface area contributed by atoms with Crippen LogP contribution in [0.2, 0.25) is 0 Å². The van der Waals surface area contributed by atoms with Crippen molar-refractivity contribution < 1.29 is 14.3 Å². The number of hydrogen-bond donors (Lipinski definition) is 0. The van der Waals surface area contributed by atoms with Crippen molar-refractivity contribution in [3.63, 3.8) is 0 Å². The molecule has 0 bridgehead atoms. The number of esters is 1. The highest BCUT2D eigenvalue weighted by atomic mass is 16.6. The van der Waals surface area contributed by atoms with Crippen LogP contribution in [0.15, 0.2) is 0 Å². The van der Waals surface area contributed by atoms with E-state index in [4.69, 9.17) is 4.74 Å². The molecule has 0 aliphatic heterocycles. The molecule has 0 amide bonds. The molecule has 0 aliphatic carbocycles. The molecule has 0 N–H and O–H groups in total. The minimum Gasteiger partial charge on any atom is -0.463 e. The van der Waals surface area contributed by atoms with Gasteiger partial charge in [0.2, 0.25) is 0 Å². The van der Waals surface area contributed by atoms with Crippen LogP contribution in [0.1, 0.15) is 13.8 Å². The van der Waals surface area contributed by atoms with Gasteiger partial charge in [-0.05, 0) is 6.92 Å². The molecule has 3 heteroatoms. The fourth-order valence-corrected chi connectivity index (χ4v) is 0.351.